The van der Waals surface area contributed by atoms with Gasteiger partial charge < -0.3 is 10.5 Å². The Morgan fingerprint density at radius 3 is 2.52 bits per heavy atom. The summed E-state index contributed by atoms with van der Waals surface area (Å²) in [5.74, 6) is 0.794. The van der Waals surface area contributed by atoms with E-state index in [-0.39, 0.29) is 4.99 Å². The lowest BCUT2D eigenvalue weighted by Gasteiger charge is -2.13. The summed E-state index contributed by atoms with van der Waals surface area (Å²) in [6, 6.07) is 11.6. The van der Waals surface area contributed by atoms with Gasteiger partial charge in [0, 0.05) is 5.02 Å². The van der Waals surface area contributed by atoms with Crippen molar-refractivity contribution in [3.05, 3.63) is 68.7 Å². The zero-order valence-corrected chi connectivity index (χ0v) is 16.0. The van der Waals surface area contributed by atoms with Crippen LogP contribution < -0.4 is 10.5 Å². The lowest BCUT2D eigenvalue weighted by molar-refractivity contribution is 0.303. The Morgan fingerprint density at radius 1 is 1.20 bits per heavy atom. The Morgan fingerprint density at radius 2 is 1.92 bits per heavy atom. The van der Waals surface area contributed by atoms with Gasteiger partial charge in [0.05, 0.1) is 5.57 Å². The number of halogens is 1. The van der Waals surface area contributed by atoms with Crippen LogP contribution in [0.25, 0.3) is 6.08 Å². The molecule has 0 aliphatic heterocycles. The summed E-state index contributed by atoms with van der Waals surface area (Å²) >= 11 is 10.9. The Balaban J connectivity index is 2.31. The zero-order valence-electron chi connectivity index (χ0n) is 14.4. The molecule has 2 aromatic rings. The fourth-order valence-corrected chi connectivity index (χ4v) is 2.80. The Hall–Kier alpha value is -2.35. The second kappa shape index (κ2) is 8.15. The van der Waals surface area contributed by atoms with Gasteiger partial charge in [0.15, 0.2) is 0 Å². The van der Waals surface area contributed by atoms with Crippen LogP contribution in [0.2, 0.25) is 5.02 Å². The number of aryl methyl sites for hydroxylation is 3. The molecule has 0 saturated heterocycles. The van der Waals surface area contributed by atoms with Gasteiger partial charge in [-0.15, -0.1) is 0 Å². The van der Waals surface area contributed by atoms with E-state index in [1.807, 2.05) is 45.0 Å². The molecule has 0 amide bonds. The van der Waals surface area contributed by atoms with Crippen molar-refractivity contribution in [3.8, 4) is 11.8 Å². The van der Waals surface area contributed by atoms with E-state index in [0.29, 0.717) is 17.2 Å². The van der Waals surface area contributed by atoms with Crippen molar-refractivity contribution in [1.29, 1.82) is 5.26 Å². The maximum absolute atomic E-state index is 9.16. The first-order valence-electron chi connectivity index (χ1n) is 7.72. The van der Waals surface area contributed by atoms with Crippen molar-refractivity contribution in [2.45, 2.75) is 27.4 Å². The molecule has 2 rings (SSSR count). The van der Waals surface area contributed by atoms with E-state index in [1.54, 1.807) is 12.1 Å². The number of rotatable bonds is 5. The number of hydrogen-bond acceptors (Lipinski definition) is 3. The average Bonchev–Trinajstić information content (AvgIpc) is 2.54. The van der Waals surface area contributed by atoms with Crippen LogP contribution in [0.1, 0.15) is 27.8 Å². The maximum Gasteiger partial charge on any atom is 0.122 e. The molecule has 0 aliphatic rings. The summed E-state index contributed by atoms with van der Waals surface area (Å²) in [5, 5.41) is 9.84. The minimum Gasteiger partial charge on any atom is -0.489 e. The van der Waals surface area contributed by atoms with Crippen molar-refractivity contribution in [2.75, 3.05) is 0 Å². The molecule has 0 aromatic heterocycles. The first-order chi connectivity index (χ1) is 11.8. The first kappa shape index (κ1) is 19.0. The van der Waals surface area contributed by atoms with Crippen LogP contribution in [-0.2, 0) is 6.61 Å². The number of thiocarbonyl (C=S) groups is 1. The van der Waals surface area contributed by atoms with Crippen molar-refractivity contribution >= 4 is 34.9 Å². The second-order valence-corrected chi connectivity index (χ2v) is 6.74. The van der Waals surface area contributed by atoms with Gasteiger partial charge in [-0.3, -0.25) is 0 Å². The molecule has 2 N–H and O–H groups in total. The minimum absolute atomic E-state index is 0.0945. The summed E-state index contributed by atoms with van der Waals surface area (Å²) in [7, 11) is 0. The van der Waals surface area contributed by atoms with Crippen LogP contribution in [0.3, 0.4) is 0 Å². The van der Waals surface area contributed by atoms with Gasteiger partial charge in [-0.25, -0.2) is 0 Å². The third-order valence-corrected chi connectivity index (χ3v) is 4.39. The number of nitrogens with zero attached hydrogens (tertiary/aromatic N) is 1. The fraction of sp³-hybridized carbons (Fsp3) is 0.200. The van der Waals surface area contributed by atoms with E-state index in [4.69, 9.17) is 39.6 Å². The molecule has 0 radical (unpaired) electrons. The predicted molar refractivity (Wildman–Crippen MR) is 107 cm³/mol. The Labute approximate surface area is 158 Å². The quantitative estimate of drug-likeness (QED) is 0.455. The van der Waals surface area contributed by atoms with Gasteiger partial charge >= 0.3 is 0 Å². The number of benzene rings is 2. The summed E-state index contributed by atoms with van der Waals surface area (Å²) in [4.78, 5) is 0.0945. The number of hydrogen-bond donors (Lipinski definition) is 1. The maximum atomic E-state index is 9.16. The van der Waals surface area contributed by atoms with E-state index in [0.717, 1.165) is 33.6 Å². The van der Waals surface area contributed by atoms with Crippen molar-refractivity contribution < 1.29 is 4.74 Å². The van der Waals surface area contributed by atoms with Gasteiger partial charge in [-0.05, 0) is 78.9 Å². The summed E-state index contributed by atoms with van der Waals surface area (Å²) < 4.78 is 5.94. The molecule has 25 heavy (non-hydrogen) atoms. The zero-order chi connectivity index (χ0) is 18.6. The molecular weight excluding hydrogens is 352 g/mol. The highest BCUT2D eigenvalue weighted by molar-refractivity contribution is 7.80. The molecule has 3 nitrogen and oxygen atoms in total. The highest BCUT2D eigenvalue weighted by Crippen LogP contribution is 2.25. The minimum atomic E-state index is 0.0945. The molecule has 128 valence electrons. The topological polar surface area (TPSA) is 59.0 Å². The van der Waals surface area contributed by atoms with Crippen molar-refractivity contribution in [3.63, 3.8) is 0 Å². The van der Waals surface area contributed by atoms with Crippen LogP contribution in [0, 0.1) is 32.1 Å². The van der Waals surface area contributed by atoms with E-state index >= 15 is 0 Å². The molecule has 0 atom stereocenters. The van der Waals surface area contributed by atoms with Crippen molar-refractivity contribution in [1.82, 2.24) is 0 Å². The van der Waals surface area contributed by atoms with Crippen LogP contribution in [-0.4, -0.2) is 4.99 Å². The molecule has 0 spiro atoms. The van der Waals surface area contributed by atoms with Gasteiger partial charge in [0.25, 0.3) is 0 Å². The highest BCUT2D eigenvalue weighted by atomic mass is 35.5. The third kappa shape index (κ3) is 4.82. The molecule has 5 heteroatoms. The molecule has 0 bridgehead atoms. The largest absolute Gasteiger partial charge is 0.489 e. The van der Waals surface area contributed by atoms with Crippen LogP contribution in [0.5, 0.6) is 5.75 Å². The molecule has 0 heterocycles. The molecule has 0 saturated carbocycles. The highest BCUT2D eigenvalue weighted by Gasteiger charge is 2.08. The molecule has 0 unspecified atom stereocenters. The second-order valence-electron chi connectivity index (χ2n) is 5.87. The fourth-order valence-electron chi connectivity index (χ4n) is 2.47. The van der Waals surface area contributed by atoms with E-state index in [9.17, 15) is 0 Å². The lowest BCUT2D eigenvalue weighted by atomic mass is 9.98. The molecular formula is C20H19ClN2OS. The van der Waals surface area contributed by atoms with Crippen LogP contribution >= 0.6 is 23.8 Å². The molecule has 0 aliphatic carbocycles. The normalized spacial score (nSPS) is 11.1. The van der Waals surface area contributed by atoms with Gasteiger partial charge in [0.1, 0.15) is 23.4 Å². The van der Waals surface area contributed by atoms with Gasteiger partial charge in [0.2, 0.25) is 0 Å². The monoisotopic (exact) mass is 370 g/mol. The molecule has 0 fully saturated rings. The van der Waals surface area contributed by atoms with E-state index < -0.39 is 0 Å². The van der Waals surface area contributed by atoms with Crippen LogP contribution in [0.15, 0.2) is 35.9 Å². The first-order valence-corrected chi connectivity index (χ1v) is 8.51. The summed E-state index contributed by atoms with van der Waals surface area (Å²) in [5.41, 5.74) is 11.0. The number of nitriles is 1. The Kier molecular flexibility index (Phi) is 6.19. The van der Waals surface area contributed by atoms with Crippen molar-refractivity contribution in [2.24, 2.45) is 5.73 Å². The predicted octanol–water partition coefficient (Wildman–Crippen LogP) is 5.04. The summed E-state index contributed by atoms with van der Waals surface area (Å²) in [6.45, 7) is 6.40. The summed E-state index contributed by atoms with van der Waals surface area (Å²) in [6.07, 6.45) is 1.72. The third-order valence-electron chi connectivity index (χ3n) is 3.93. The van der Waals surface area contributed by atoms with Gasteiger partial charge in [-0.1, -0.05) is 29.9 Å². The SMILES string of the molecule is Cc1cc(C)c(COc2ccc(Cl)cc2C)cc1C=C(C#N)C(N)=S. The molecule has 2 aromatic carbocycles. The van der Waals surface area contributed by atoms with E-state index in [1.165, 1.54) is 0 Å². The average molecular weight is 371 g/mol. The number of ether oxygens (including phenoxy) is 1. The van der Waals surface area contributed by atoms with Crippen LogP contribution in [0.4, 0.5) is 0 Å². The van der Waals surface area contributed by atoms with E-state index in [2.05, 4.69) is 6.07 Å². The lowest BCUT2D eigenvalue weighted by Crippen LogP contribution is -2.10. The Bertz CT molecular complexity index is 897. The van der Waals surface area contributed by atoms with Gasteiger partial charge in [-0.2, -0.15) is 5.26 Å². The standard InChI is InChI=1S/C20H19ClN2OS/c1-12-6-13(2)17(9-15(12)8-16(10-22)20(23)25)11-24-19-5-4-18(21)7-14(19)3/h4-9H,11H2,1-3H3,(H2,23,25). The number of nitrogens with two attached hydrogens (primary N) is 1. The smallest absolute Gasteiger partial charge is 0.122 e.